The second-order valence-corrected chi connectivity index (χ2v) is 10.00. The van der Waals surface area contributed by atoms with Crippen molar-refractivity contribution >= 4 is 28.8 Å². The lowest BCUT2D eigenvalue weighted by atomic mass is 9.88. The summed E-state index contributed by atoms with van der Waals surface area (Å²) in [6.07, 6.45) is -0.246. The van der Waals surface area contributed by atoms with Gasteiger partial charge in [-0.25, -0.2) is 10.3 Å². The van der Waals surface area contributed by atoms with E-state index in [9.17, 15) is 14.4 Å². The number of nitrogens with one attached hydrogen (secondary N) is 2. The van der Waals surface area contributed by atoms with E-state index in [2.05, 4.69) is 10.3 Å². The van der Waals surface area contributed by atoms with Gasteiger partial charge in [0.05, 0.1) is 17.7 Å². The van der Waals surface area contributed by atoms with E-state index >= 15 is 0 Å². The number of aromatic nitrogens is 1. The van der Waals surface area contributed by atoms with Crippen molar-refractivity contribution in [3.63, 3.8) is 0 Å². The molecule has 0 bridgehead atoms. The SMILES string of the molecule is Cc1cc(COc2ccc(C(=O)N[C@@H]3CN(C(=O)OC(C)C)CC[C@H]3CC(=O)NO)cc2)c2ccccc2n1. The van der Waals surface area contributed by atoms with E-state index in [1.54, 1.807) is 43.6 Å². The Labute approximate surface area is 227 Å². The van der Waals surface area contributed by atoms with Gasteiger partial charge in [0.15, 0.2) is 0 Å². The smallest absolute Gasteiger partial charge is 0.410 e. The maximum Gasteiger partial charge on any atom is 0.410 e. The van der Waals surface area contributed by atoms with Gasteiger partial charge >= 0.3 is 6.09 Å². The van der Waals surface area contributed by atoms with E-state index < -0.39 is 18.0 Å². The molecule has 4 rings (SSSR count). The minimum atomic E-state index is -0.545. The van der Waals surface area contributed by atoms with Gasteiger partial charge in [0.2, 0.25) is 5.91 Å². The van der Waals surface area contributed by atoms with Crippen molar-refractivity contribution in [2.75, 3.05) is 13.1 Å². The van der Waals surface area contributed by atoms with Crippen molar-refractivity contribution in [2.45, 2.75) is 52.4 Å². The van der Waals surface area contributed by atoms with Gasteiger partial charge in [-0.15, -0.1) is 0 Å². The van der Waals surface area contributed by atoms with Crippen LogP contribution in [-0.2, 0) is 16.1 Å². The maximum absolute atomic E-state index is 13.1. The quantitative estimate of drug-likeness (QED) is 0.294. The monoisotopic (exact) mass is 534 g/mol. The van der Waals surface area contributed by atoms with E-state index in [0.717, 1.165) is 22.2 Å². The molecule has 3 N–H and O–H groups in total. The van der Waals surface area contributed by atoms with Crippen LogP contribution in [0, 0.1) is 12.8 Å². The Morgan fingerprint density at radius 1 is 1.13 bits per heavy atom. The minimum absolute atomic E-state index is 0.0183. The van der Waals surface area contributed by atoms with Crippen LogP contribution >= 0.6 is 0 Å². The van der Waals surface area contributed by atoms with E-state index in [-0.39, 0.29) is 30.9 Å². The van der Waals surface area contributed by atoms with Crippen LogP contribution in [0.4, 0.5) is 4.79 Å². The number of ether oxygens (including phenoxy) is 2. The summed E-state index contributed by atoms with van der Waals surface area (Å²) in [6.45, 7) is 6.42. The molecular weight excluding hydrogens is 500 g/mol. The molecule has 1 aliphatic rings. The van der Waals surface area contributed by atoms with Gasteiger partial charge in [-0.3, -0.25) is 19.8 Å². The number of nitrogens with zero attached hydrogens (tertiary/aromatic N) is 2. The zero-order valence-corrected chi connectivity index (χ0v) is 22.3. The Bertz CT molecular complexity index is 1330. The van der Waals surface area contributed by atoms with Gasteiger partial charge in [-0.1, -0.05) is 18.2 Å². The van der Waals surface area contributed by atoms with Gasteiger partial charge in [-0.05, 0) is 69.5 Å². The van der Waals surface area contributed by atoms with Gasteiger partial charge in [0.25, 0.3) is 5.91 Å². The third kappa shape index (κ3) is 7.23. The van der Waals surface area contributed by atoms with Gasteiger partial charge in [0, 0.05) is 41.7 Å². The molecule has 10 heteroatoms. The first kappa shape index (κ1) is 27.8. The molecule has 1 aliphatic heterocycles. The molecule has 39 heavy (non-hydrogen) atoms. The van der Waals surface area contributed by atoms with E-state index in [1.165, 1.54) is 4.90 Å². The maximum atomic E-state index is 13.1. The number of piperidine rings is 1. The molecule has 0 radical (unpaired) electrons. The number of hydrogen-bond donors (Lipinski definition) is 3. The summed E-state index contributed by atoms with van der Waals surface area (Å²) in [5, 5.41) is 13.0. The summed E-state index contributed by atoms with van der Waals surface area (Å²) >= 11 is 0. The predicted octanol–water partition coefficient (Wildman–Crippen LogP) is 3.98. The Hall–Kier alpha value is -4.18. The number of benzene rings is 2. The van der Waals surface area contributed by atoms with Crippen molar-refractivity contribution in [1.82, 2.24) is 20.7 Å². The topological polar surface area (TPSA) is 130 Å². The summed E-state index contributed by atoms with van der Waals surface area (Å²) in [5.41, 5.74) is 4.91. The number of likely N-dealkylation sites (tertiary alicyclic amines) is 1. The lowest BCUT2D eigenvalue weighted by molar-refractivity contribution is -0.130. The zero-order valence-electron chi connectivity index (χ0n) is 22.3. The number of amides is 3. The van der Waals surface area contributed by atoms with Crippen molar-refractivity contribution in [2.24, 2.45) is 5.92 Å². The summed E-state index contributed by atoms with van der Waals surface area (Å²) in [7, 11) is 0. The van der Waals surface area contributed by atoms with Gasteiger partial charge in [0.1, 0.15) is 12.4 Å². The van der Waals surface area contributed by atoms with Gasteiger partial charge in [-0.2, -0.15) is 0 Å². The molecule has 2 heterocycles. The van der Waals surface area contributed by atoms with E-state index in [4.69, 9.17) is 14.7 Å². The fourth-order valence-electron chi connectivity index (χ4n) is 4.76. The minimum Gasteiger partial charge on any atom is -0.489 e. The largest absolute Gasteiger partial charge is 0.489 e. The Balaban J connectivity index is 1.41. The number of hydroxylamine groups is 1. The van der Waals surface area contributed by atoms with Crippen LogP contribution in [0.3, 0.4) is 0 Å². The van der Waals surface area contributed by atoms with E-state index in [0.29, 0.717) is 30.9 Å². The molecule has 1 saturated heterocycles. The molecule has 1 aromatic heterocycles. The van der Waals surface area contributed by atoms with Crippen LogP contribution in [0.15, 0.2) is 54.6 Å². The molecule has 0 unspecified atom stereocenters. The molecular formula is C29H34N4O6. The summed E-state index contributed by atoms with van der Waals surface area (Å²) in [5.74, 6) is -0.528. The number of pyridine rings is 1. The van der Waals surface area contributed by atoms with Crippen LogP contribution in [-0.4, -0.2) is 58.2 Å². The molecule has 0 spiro atoms. The molecule has 3 amide bonds. The average Bonchev–Trinajstić information content (AvgIpc) is 2.92. The highest BCUT2D eigenvalue weighted by Gasteiger charge is 2.34. The Morgan fingerprint density at radius 3 is 2.59 bits per heavy atom. The second-order valence-electron chi connectivity index (χ2n) is 10.00. The number of aryl methyl sites for hydroxylation is 1. The number of rotatable bonds is 8. The zero-order chi connectivity index (χ0) is 27.9. The Kier molecular flexibility index (Phi) is 8.98. The lowest BCUT2D eigenvalue weighted by Gasteiger charge is -2.38. The van der Waals surface area contributed by atoms with Gasteiger partial charge < -0.3 is 19.7 Å². The number of fused-ring (bicyclic) bond motifs is 1. The highest BCUT2D eigenvalue weighted by atomic mass is 16.6. The molecule has 0 aliphatic carbocycles. The van der Waals surface area contributed by atoms with Crippen molar-refractivity contribution in [3.8, 4) is 5.75 Å². The Morgan fingerprint density at radius 2 is 1.87 bits per heavy atom. The summed E-state index contributed by atoms with van der Waals surface area (Å²) < 4.78 is 11.3. The summed E-state index contributed by atoms with van der Waals surface area (Å²) in [4.78, 5) is 43.5. The number of carbonyl (C=O) groups is 3. The van der Waals surface area contributed by atoms with Crippen molar-refractivity contribution in [1.29, 1.82) is 0 Å². The van der Waals surface area contributed by atoms with E-state index in [1.807, 2.05) is 37.3 Å². The standard InChI is InChI=1S/C29H34N4O6/c1-18(2)39-29(36)33-13-12-21(15-27(34)32-37)26(16-33)31-28(35)20-8-10-23(11-9-20)38-17-22-14-19(3)30-25-7-5-4-6-24(22)25/h4-11,14,18,21,26,37H,12-13,15-17H2,1-3H3,(H,31,35)(H,32,34)/t21-,26+/m0/s1. The molecule has 3 aromatic rings. The van der Waals surface area contributed by atoms with Crippen molar-refractivity contribution in [3.05, 3.63) is 71.4 Å². The van der Waals surface area contributed by atoms with Crippen LogP contribution in [0.1, 0.15) is 48.3 Å². The highest BCUT2D eigenvalue weighted by molar-refractivity contribution is 5.94. The number of para-hydroxylation sites is 1. The third-order valence-corrected chi connectivity index (χ3v) is 6.68. The first-order chi connectivity index (χ1) is 18.7. The fourth-order valence-corrected chi connectivity index (χ4v) is 4.76. The highest BCUT2D eigenvalue weighted by Crippen LogP contribution is 2.24. The second kappa shape index (κ2) is 12.6. The fraction of sp³-hybridized carbons (Fsp3) is 0.379. The normalized spacial score (nSPS) is 17.1. The van der Waals surface area contributed by atoms with Crippen molar-refractivity contribution < 1.29 is 29.1 Å². The van der Waals surface area contributed by atoms with Crippen LogP contribution < -0.4 is 15.5 Å². The third-order valence-electron chi connectivity index (χ3n) is 6.68. The number of hydrogen-bond acceptors (Lipinski definition) is 7. The van der Waals surface area contributed by atoms with Crippen LogP contribution in [0.25, 0.3) is 10.9 Å². The molecule has 0 saturated carbocycles. The molecule has 10 nitrogen and oxygen atoms in total. The molecule has 2 aromatic carbocycles. The number of carbonyl (C=O) groups excluding carboxylic acids is 3. The first-order valence-corrected chi connectivity index (χ1v) is 13.0. The van der Waals surface area contributed by atoms with Crippen LogP contribution in [0.5, 0.6) is 5.75 Å². The lowest BCUT2D eigenvalue weighted by Crippen LogP contribution is -2.55. The predicted molar refractivity (Wildman–Crippen MR) is 144 cm³/mol. The average molecular weight is 535 g/mol. The molecule has 1 fully saturated rings. The van der Waals surface area contributed by atoms with Crippen LogP contribution in [0.2, 0.25) is 0 Å². The first-order valence-electron chi connectivity index (χ1n) is 13.0. The molecule has 206 valence electrons. The summed E-state index contributed by atoms with van der Waals surface area (Å²) in [6, 6.07) is 16.2. The molecule has 2 atom stereocenters.